The summed E-state index contributed by atoms with van der Waals surface area (Å²) in [5.74, 6) is -0.414. The van der Waals surface area contributed by atoms with Crippen molar-refractivity contribution in [3.05, 3.63) is 80.7 Å². The Hall–Kier alpha value is -3.52. The van der Waals surface area contributed by atoms with E-state index in [2.05, 4.69) is 31.3 Å². The van der Waals surface area contributed by atoms with E-state index in [4.69, 9.17) is 4.74 Å². The molecule has 1 N–H and O–H groups in total. The summed E-state index contributed by atoms with van der Waals surface area (Å²) in [5, 5.41) is 15.8. The molecule has 0 aliphatic heterocycles. The summed E-state index contributed by atoms with van der Waals surface area (Å²) >= 11 is 1.25. The van der Waals surface area contributed by atoms with Crippen LogP contribution in [0.2, 0.25) is 0 Å². The first-order valence-corrected chi connectivity index (χ1v) is 11.0. The van der Waals surface area contributed by atoms with Gasteiger partial charge in [-0.05, 0) is 29.0 Å². The first-order valence-electron chi connectivity index (χ1n) is 10.2. The standard InChI is InChI=1S/C24H24N2O5S/c1-4-15(2)17-7-9-18(10-8-17)20-14-32-23(22(20)24(28)31-3)25-21(27)13-16-5-11-19(12-6-16)26(29)30/h5-12,14-15H,4,13H2,1-3H3,(H,25,27)/t15-/m1/s1. The summed E-state index contributed by atoms with van der Waals surface area (Å²) in [6.45, 7) is 4.30. The maximum Gasteiger partial charge on any atom is 0.341 e. The highest BCUT2D eigenvalue weighted by atomic mass is 32.1. The first kappa shape index (κ1) is 23.1. The minimum absolute atomic E-state index is 0.0233. The van der Waals surface area contributed by atoms with Crippen molar-refractivity contribution < 1.29 is 19.2 Å². The third-order valence-electron chi connectivity index (χ3n) is 5.35. The van der Waals surface area contributed by atoms with Crippen LogP contribution in [0.3, 0.4) is 0 Å². The maximum atomic E-state index is 12.6. The van der Waals surface area contributed by atoms with Crippen LogP contribution in [0.5, 0.6) is 0 Å². The fraction of sp³-hybridized carbons (Fsp3) is 0.250. The monoisotopic (exact) mass is 452 g/mol. The normalized spacial score (nSPS) is 11.6. The number of hydrogen-bond acceptors (Lipinski definition) is 6. The van der Waals surface area contributed by atoms with Crippen LogP contribution in [0.1, 0.15) is 47.7 Å². The maximum absolute atomic E-state index is 12.6. The molecule has 0 aliphatic rings. The highest BCUT2D eigenvalue weighted by Gasteiger charge is 2.22. The number of anilines is 1. The second-order valence-electron chi connectivity index (χ2n) is 7.42. The summed E-state index contributed by atoms with van der Waals surface area (Å²) in [7, 11) is 1.30. The molecule has 3 aromatic rings. The van der Waals surface area contributed by atoms with E-state index >= 15 is 0 Å². The molecule has 8 heteroatoms. The van der Waals surface area contributed by atoms with Crippen molar-refractivity contribution in [2.75, 3.05) is 12.4 Å². The lowest BCUT2D eigenvalue weighted by molar-refractivity contribution is -0.384. The summed E-state index contributed by atoms with van der Waals surface area (Å²) in [6, 6.07) is 13.8. The van der Waals surface area contributed by atoms with E-state index < -0.39 is 10.9 Å². The van der Waals surface area contributed by atoms with Crippen molar-refractivity contribution >= 4 is 33.9 Å². The number of carbonyl (C=O) groups excluding carboxylic acids is 2. The average Bonchev–Trinajstić information content (AvgIpc) is 3.21. The number of nitrogens with one attached hydrogen (secondary N) is 1. The van der Waals surface area contributed by atoms with E-state index in [1.807, 2.05) is 17.5 Å². The van der Waals surface area contributed by atoms with Crippen LogP contribution in [0.4, 0.5) is 10.7 Å². The zero-order valence-electron chi connectivity index (χ0n) is 18.1. The van der Waals surface area contributed by atoms with Gasteiger partial charge in [-0.3, -0.25) is 14.9 Å². The molecule has 0 unspecified atom stereocenters. The van der Waals surface area contributed by atoms with Gasteiger partial charge in [-0.1, -0.05) is 50.2 Å². The highest BCUT2D eigenvalue weighted by molar-refractivity contribution is 7.15. The molecule has 0 bridgehead atoms. The van der Waals surface area contributed by atoms with Gasteiger partial charge in [-0.15, -0.1) is 11.3 Å². The number of carbonyl (C=O) groups is 2. The van der Waals surface area contributed by atoms with Crippen molar-refractivity contribution in [2.24, 2.45) is 0 Å². The molecule has 0 radical (unpaired) electrons. The second kappa shape index (κ2) is 10.2. The Morgan fingerprint density at radius 3 is 2.34 bits per heavy atom. The number of rotatable bonds is 8. The summed E-state index contributed by atoms with van der Waals surface area (Å²) < 4.78 is 4.96. The lowest BCUT2D eigenvalue weighted by atomic mass is 9.95. The van der Waals surface area contributed by atoms with E-state index in [1.165, 1.54) is 48.3 Å². The van der Waals surface area contributed by atoms with E-state index in [1.54, 1.807) is 0 Å². The van der Waals surface area contributed by atoms with Crippen molar-refractivity contribution in [1.29, 1.82) is 0 Å². The number of nitro groups is 1. The third-order valence-corrected chi connectivity index (χ3v) is 6.24. The number of nitro benzene ring substituents is 1. The first-order chi connectivity index (χ1) is 15.3. The van der Waals surface area contributed by atoms with Crippen LogP contribution >= 0.6 is 11.3 Å². The number of hydrogen-bond donors (Lipinski definition) is 1. The number of amides is 1. The molecule has 2 aromatic carbocycles. The van der Waals surface area contributed by atoms with E-state index in [0.717, 1.165) is 12.0 Å². The van der Waals surface area contributed by atoms with Gasteiger partial charge in [0.1, 0.15) is 10.6 Å². The summed E-state index contributed by atoms with van der Waals surface area (Å²) in [4.78, 5) is 35.4. The molecule has 1 aromatic heterocycles. The molecular formula is C24H24N2O5S. The number of thiophene rings is 1. The predicted octanol–water partition coefficient (Wildman–Crippen LogP) is 5.80. The minimum Gasteiger partial charge on any atom is -0.465 e. The van der Waals surface area contributed by atoms with Crippen LogP contribution in [-0.4, -0.2) is 23.9 Å². The molecule has 7 nitrogen and oxygen atoms in total. The molecule has 1 amide bonds. The van der Waals surface area contributed by atoms with Crippen molar-refractivity contribution in [1.82, 2.24) is 0 Å². The van der Waals surface area contributed by atoms with Crippen molar-refractivity contribution in [3.8, 4) is 11.1 Å². The molecule has 1 atom stereocenters. The molecule has 0 spiro atoms. The fourth-order valence-corrected chi connectivity index (χ4v) is 4.26. The molecule has 0 aliphatic carbocycles. The lowest BCUT2D eigenvalue weighted by Crippen LogP contribution is -2.16. The molecule has 3 rings (SSSR count). The van der Waals surface area contributed by atoms with E-state index in [-0.39, 0.29) is 18.0 Å². The van der Waals surface area contributed by atoms with Gasteiger partial charge in [0.05, 0.1) is 18.5 Å². The van der Waals surface area contributed by atoms with E-state index in [9.17, 15) is 19.7 Å². The Kier molecular flexibility index (Phi) is 7.37. The van der Waals surface area contributed by atoms with Crippen LogP contribution in [0.15, 0.2) is 53.9 Å². The number of nitrogens with zero attached hydrogens (tertiary/aromatic N) is 1. The predicted molar refractivity (Wildman–Crippen MR) is 125 cm³/mol. The molecule has 0 saturated heterocycles. The van der Waals surface area contributed by atoms with Gasteiger partial charge >= 0.3 is 5.97 Å². The lowest BCUT2D eigenvalue weighted by Gasteiger charge is -2.11. The Labute approximate surface area is 190 Å². The van der Waals surface area contributed by atoms with Gasteiger partial charge in [0.2, 0.25) is 5.91 Å². The van der Waals surface area contributed by atoms with Crippen LogP contribution in [-0.2, 0) is 16.0 Å². The molecule has 166 valence electrons. The zero-order chi connectivity index (χ0) is 23.3. The Morgan fingerprint density at radius 1 is 1.12 bits per heavy atom. The smallest absolute Gasteiger partial charge is 0.341 e. The second-order valence-corrected chi connectivity index (χ2v) is 8.30. The van der Waals surface area contributed by atoms with Crippen LogP contribution in [0, 0.1) is 10.1 Å². The topological polar surface area (TPSA) is 98.5 Å². The van der Waals surface area contributed by atoms with Crippen LogP contribution in [0.25, 0.3) is 11.1 Å². The Balaban J connectivity index is 1.82. The van der Waals surface area contributed by atoms with Crippen LogP contribution < -0.4 is 5.32 Å². The third kappa shape index (κ3) is 5.20. The Bertz CT molecular complexity index is 1120. The fourth-order valence-electron chi connectivity index (χ4n) is 3.29. The molecule has 0 fully saturated rings. The van der Waals surface area contributed by atoms with Gasteiger partial charge < -0.3 is 10.1 Å². The quantitative estimate of drug-likeness (QED) is 0.264. The van der Waals surface area contributed by atoms with Gasteiger partial charge in [0.25, 0.3) is 5.69 Å². The zero-order valence-corrected chi connectivity index (χ0v) is 18.9. The molecular weight excluding hydrogens is 428 g/mol. The minimum atomic E-state index is -0.530. The van der Waals surface area contributed by atoms with Crippen molar-refractivity contribution in [2.45, 2.75) is 32.6 Å². The molecule has 0 saturated carbocycles. The molecule has 32 heavy (non-hydrogen) atoms. The highest BCUT2D eigenvalue weighted by Crippen LogP contribution is 2.37. The van der Waals surface area contributed by atoms with Gasteiger partial charge in [-0.25, -0.2) is 4.79 Å². The number of methoxy groups -OCH3 is 1. The number of esters is 1. The number of non-ortho nitro benzene ring substituents is 1. The summed E-state index contributed by atoms with van der Waals surface area (Å²) in [5.41, 5.74) is 3.69. The largest absolute Gasteiger partial charge is 0.465 e. The number of benzene rings is 2. The summed E-state index contributed by atoms with van der Waals surface area (Å²) in [6.07, 6.45) is 1.06. The van der Waals surface area contributed by atoms with Crippen molar-refractivity contribution in [3.63, 3.8) is 0 Å². The van der Waals surface area contributed by atoms with Gasteiger partial charge in [-0.2, -0.15) is 0 Å². The van der Waals surface area contributed by atoms with Gasteiger partial charge in [0, 0.05) is 23.1 Å². The SMILES string of the molecule is CC[C@@H](C)c1ccc(-c2csc(NC(=O)Cc3ccc([N+](=O)[O-])cc3)c2C(=O)OC)cc1. The van der Waals surface area contributed by atoms with E-state index in [0.29, 0.717) is 27.6 Å². The Morgan fingerprint density at radius 2 is 1.78 bits per heavy atom. The number of ether oxygens (including phenoxy) is 1. The average molecular weight is 453 g/mol. The molecule has 1 heterocycles. The van der Waals surface area contributed by atoms with Gasteiger partial charge in [0.15, 0.2) is 0 Å².